The Bertz CT molecular complexity index is 701. The maximum atomic E-state index is 12.3. The number of carbonyl (C=O) groups excluding carboxylic acids is 3. The van der Waals surface area contributed by atoms with Crippen LogP contribution in [-0.4, -0.2) is 30.9 Å². The van der Waals surface area contributed by atoms with Crippen LogP contribution in [0.1, 0.15) is 28.2 Å². The lowest BCUT2D eigenvalue weighted by Gasteiger charge is -2.20. The molecule has 0 aliphatic heterocycles. The highest BCUT2D eigenvalue weighted by atomic mass is 32.1. The van der Waals surface area contributed by atoms with Crippen LogP contribution in [0.2, 0.25) is 0 Å². The molecule has 126 valence electrons. The molecule has 1 aromatic heterocycles. The summed E-state index contributed by atoms with van der Waals surface area (Å²) < 4.78 is 4.75. The summed E-state index contributed by atoms with van der Waals surface area (Å²) >= 11 is 1.29. The molecule has 0 saturated heterocycles. The third kappa shape index (κ3) is 4.42. The van der Waals surface area contributed by atoms with Crippen molar-refractivity contribution in [3.05, 3.63) is 58.3 Å². The van der Waals surface area contributed by atoms with E-state index in [1.807, 2.05) is 6.07 Å². The van der Waals surface area contributed by atoms with Crippen LogP contribution in [-0.2, 0) is 14.3 Å². The summed E-state index contributed by atoms with van der Waals surface area (Å²) in [7, 11) is 1.26. The number of nitrogens with one attached hydrogen (secondary N) is 2. The van der Waals surface area contributed by atoms with Crippen LogP contribution >= 0.6 is 11.3 Å². The second-order valence-electron chi connectivity index (χ2n) is 5.05. The smallest absolute Gasteiger partial charge is 0.333 e. The number of esters is 1. The molecule has 2 aromatic rings. The summed E-state index contributed by atoms with van der Waals surface area (Å²) in [6.07, 6.45) is 0. The molecular weight excluding hydrogens is 328 g/mol. The van der Waals surface area contributed by atoms with Gasteiger partial charge in [-0.15, -0.1) is 11.3 Å². The predicted octanol–water partition coefficient (Wildman–Crippen LogP) is 1.90. The van der Waals surface area contributed by atoms with Gasteiger partial charge in [0.1, 0.15) is 6.04 Å². The van der Waals surface area contributed by atoms with E-state index in [0.29, 0.717) is 10.4 Å². The summed E-state index contributed by atoms with van der Waals surface area (Å²) in [5, 5.41) is 6.99. The topological polar surface area (TPSA) is 84.5 Å². The minimum atomic E-state index is -0.926. The second kappa shape index (κ2) is 8.26. The fourth-order valence-electron chi connectivity index (χ4n) is 2.05. The molecule has 6 nitrogen and oxygen atoms in total. The van der Waals surface area contributed by atoms with Crippen LogP contribution in [0.15, 0.2) is 47.8 Å². The Morgan fingerprint density at radius 1 is 1.04 bits per heavy atom. The van der Waals surface area contributed by atoms with Gasteiger partial charge in [0.15, 0.2) is 6.04 Å². The Hall–Kier alpha value is -2.67. The van der Waals surface area contributed by atoms with E-state index in [2.05, 4.69) is 10.6 Å². The van der Waals surface area contributed by atoms with E-state index in [1.165, 1.54) is 18.4 Å². The van der Waals surface area contributed by atoms with Gasteiger partial charge < -0.3 is 15.4 Å². The van der Waals surface area contributed by atoms with E-state index in [4.69, 9.17) is 4.74 Å². The zero-order valence-corrected chi connectivity index (χ0v) is 14.1. The SMILES string of the molecule is COC(=O)[C@H](NC(=O)[C@@H](C)NC(=O)c1cccs1)c1ccccc1. The Kier molecular flexibility index (Phi) is 6.08. The van der Waals surface area contributed by atoms with E-state index in [-0.39, 0.29) is 5.91 Å². The van der Waals surface area contributed by atoms with Crippen molar-refractivity contribution in [2.24, 2.45) is 0 Å². The Morgan fingerprint density at radius 2 is 1.75 bits per heavy atom. The first-order valence-electron chi connectivity index (χ1n) is 7.30. The van der Waals surface area contributed by atoms with Gasteiger partial charge in [0.05, 0.1) is 12.0 Å². The zero-order chi connectivity index (χ0) is 17.5. The maximum absolute atomic E-state index is 12.3. The number of methoxy groups -OCH3 is 1. The molecule has 0 spiro atoms. The Morgan fingerprint density at radius 3 is 2.33 bits per heavy atom. The lowest BCUT2D eigenvalue weighted by Crippen LogP contribution is -2.47. The monoisotopic (exact) mass is 346 g/mol. The lowest BCUT2D eigenvalue weighted by molar-refractivity contribution is -0.145. The van der Waals surface area contributed by atoms with Crippen molar-refractivity contribution in [2.45, 2.75) is 19.0 Å². The summed E-state index contributed by atoms with van der Waals surface area (Å²) in [4.78, 5) is 36.8. The third-order valence-corrected chi connectivity index (χ3v) is 4.21. The summed E-state index contributed by atoms with van der Waals surface area (Å²) in [5.41, 5.74) is 0.606. The predicted molar refractivity (Wildman–Crippen MR) is 90.6 cm³/mol. The van der Waals surface area contributed by atoms with Crippen LogP contribution in [0.4, 0.5) is 0 Å². The quantitative estimate of drug-likeness (QED) is 0.783. The Labute approximate surface area is 143 Å². The van der Waals surface area contributed by atoms with Gasteiger partial charge in [0, 0.05) is 0 Å². The Balaban J connectivity index is 2.04. The molecule has 0 unspecified atom stereocenters. The molecular formula is C17H18N2O4S. The molecule has 0 aliphatic carbocycles. The van der Waals surface area contributed by atoms with Crippen LogP contribution in [0, 0.1) is 0 Å². The summed E-state index contributed by atoms with van der Waals surface area (Å²) in [6, 6.07) is 10.5. The van der Waals surface area contributed by atoms with Crippen molar-refractivity contribution in [3.8, 4) is 0 Å². The van der Waals surface area contributed by atoms with E-state index >= 15 is 0 Å². The number of carbonyl (C=O) groups is 3. The molecule has 2 N–H and O–H groups in total. The molecule has 2 atom stereocenters. The molecule has 2 amide bonds. The number of thiophene rings is 1. The third-order valence-electron chi connectivity index (χ3n) is 3.34. The first-order chi connectivity index (χ1) is 11.5. The number of ether oxygens (including phenoxy) is 1. The molecule has 0 fully saturated rings. The summed E-state index contributed by atoms with van der Waals surface area (Å²) in [5.74, 6) is -1.38. The highest BCUT2D eigenvalue weighted by molar-refractivity contribution is 7.12. The number of rotatable bonds is 6. The van der Waals surface area contributed by atoms with Crippen LogP contribution in [0.25, 0.3) is 0 Å². The first-order valence-corrected chi connectivity index (χ1v) is 8.18. The number of hydrogen-bond donors (Lipinski definition) is 2. The van der Waals surface area contributed by atoms with Crippen molar-refractivity contribution in [3.63, 3.8) is 0 Å². The maximum Gasteiger partial charge on any atom is 0.333 e. The van der Waals surface area contributed by atoms with E-state index < -0.39 is 24.0 Å². The summed E-state index contributed by atoms with van der Waals surface area (Å²) in [6.45, 7) is 1.56. The van der Waals surface area contributed by atoms with Gasteiger partial charge in [-0.25, -0.2) is 4.79 Å². The highest BCUT2D eigenvalue weighted by Crippen LogP contribution is 2.14. The molecule has 1 aromatic carbocycles. The first kappa shape index (κ1) is 17.7. The number of benzene rings is 1. The fraction of sp³-hybridized carbons (Fsp3) is 0.235. The van der Waals surface area contributed by atoms with Crippen LogP contribution in [0.3, 0.4) is 0 Å². The molecule has 2 rings (SSSR count). The molecule has 0 aliphatic rings. The van der Waals surface area contributed by atoms with E-state index in [9.17, 15) is 14.4 Å². The molecule has 7 heteroatoms. The van der Waals surface area contributed by atoms with Gasteiger partial charge in [-0.2, -0.15) is 0 Å². The average molecular weight is 346 g/mol. The molecule has 0 bridgehead atoms. The number of hydrogen-bond acceptors (Lipinski definition) is 5. The molecule has 24 heavy (non-hydrogen) atoms. The van der Waals surface area contributed by atoms with Gasteiger partial charge in [-0.3, -0.25) is 9.59 Å². The standard InChI is InChI=1S/C17H18N2O4S/c1-11(18-16(21)13-9-6-10-24-13)15(20)19-14(17(22)23-2)12-7-4-3-5-8-12/h3-11,14H,1-2H3,(H,18,21)(H,19,20)/t11-,14-/m1/s1. The average Bonchev–Trinajstić information content (AvgIpc) is 3.14. The fourth-order valence-corrected chi connectivity index (χ4v) is 2.68. The van der Waals surface area contributed by atoms with Crippen molar-refractivity contribution in [1.29, 1.82) is 0 Å². The largest absolute Gasteiger partial charge is 0.467 e. The zero-order valence-electron chi connectivity index (χ0n) is 13.3. The van der Waals surface area contributed by atoms with Crippen molar-refractivity contribution in [2.75, 3.05) is 7.11 Å². The van der Waals surface area contributed by atoms with Crippen molar-refractivity contribution >= 4 is 29.1 Å². The van der Waals surface area contributed by atoms with E-state index in [0.717, 1.165) is 0 Å². The molecule has 0 saturated carbocycles. The van der Waals surface area contributed by atoms with Gasteiger partial charge in [0.2, 0.25) is 5.91 Å². The second-order valence-corrected chi connectivity index (χ2v) is 6.00. The van der Waals surface area contributed by atoms with Crippen LogP contribution < -0.4 is 10.6 Å². The van der Waals surface area contributed by atoms with Gasteiger partial charge >= 0.3 is 5.97 Å². The minimum Gasteiger partial charge on any atom is -0.467 e. The molecule has 1 heterocycles. The normalized spacial score (nSPS) is 12.8. The van der Waals surface area contributed by atoms with Gasteiger partial charge in [-0.1, -0.05) is 36.4 Å². The van der Waals surface area contributed by atoms with Gasteiger partial charge in [0.25, 0.3) is 5.91 Å². The highest BCUT2D eigenvalue weighted by Gasteiger charge is 2.26. The van der Waals surface area contributed by atoms with Crippen molar-refractivity contribution in [1.82, 2.24) is 10.6 Å². The van der Waals surface area contributed by atoms with Crippen LogP contribution in [0.5, 0.6) is 0 Å². The lowest BCUT2D eigenvalue weighted by atomic mass is 10.1. The van der Waals surface area contributed by atoms with Crippen molar-refractivity contribution < 1.29 is 19.1 Å². The van der Waals surface area contributed by atoms with Gasteiger partial charge in [-0.05, 0) is 23.9 Å². The minimum absolute atomic E-state index is 0.332. The molecule has 0 radical (unpaired) electrons. The number of amides is 2. The van der Waals surface area contributed by atoms with E-state index in [1.54, 1.807) is 48.7 Å².